The van der Waals surface area contributed by atoms with Gasteiger partial charge in [0.2, 0.25) is 5.91 Å². The molecule has 94 valence electrons. The number of rotatable bonds is 5. The van der Waals surface area contributed by atoms with Crippen molar-refractivity contribution >= 4 is 17.5 Å². The lowest BCUT2D eigenvalue weighted by atomic mass is 10.1. The molecule has 1 atom stereocenters. The van der Waals surface area contributed by atoms with Gasteiger partial charge in [-0.1, -0.05) is 18.2 Å². The summed E-state index contributed by atoms with van der Waals surface area (Å²) in [7, 11) is 1.57. The van der Waals surface area contributed by atoms with Crippen LogP contribution in [-0.2, 0) is 4.79 Å². The molecular formula is C13H18ClNO2. The fourth-order valence-corrected chi connectivity index (χ4v) is 2.02. The van der Waals surface area contributed by atoms with Gasteiger partial charge in [0.05, 0.1) is 7.11 Å². The monoisotopic (exact) mass is 255 g/mol. The predicted molar refractivity (Wildman–Crippen MR) is 69.5 cm³/mol. The van der Waals surface area contributed by atoms with E-state index in [9.17, 15) is 4.79 Å². The SMILES string of the molecule is CCN(CC)C(=O)C(Cl)c1ccccc1OC. The molecule has 1 aromatic carbocycles. The van der Waals surface area contributed by atoms with E-state index in [1.807, 2.05) is 32.0 Å². The first-order valence-corrected chi connectivity index (χ1v) is 6.15. The van der Waals surface area contributed by atoms with Gasteiger partial charge >= 0.3 is 0 Å². The van der Waals surface area contributed by atoms with Crippen LogP contribution >= 0.6 is 11.6 Å². The quantitative estimate of drug-likeness (QED) is 0.758. The highest BCUT2D eigenvalue weighted by atomic mass is 35.5. The zero-order valence-corrected chi connectivity index (χ0v) is 11.2. The Hall–Kier alpha value is -1.22. The lowest BCUT2D eigenvalue weighted by molar-refractivity contribution is -0.130. The molecule has 0 bridgehead atoms. The van der Waals surface area contributed by atoms with Crippen molar-refractivity contribution in [1.29, 1.82) is 0 Å². The first-order chi connectivity index (χ1) is 8.15. The van der Waals surface area contributed by atoms with Crippen LogP contribution in [0.4, 0.5) is 0 Å². The van der Waals surface area contributed by atoms with Crippen molar-refractivity contribution in [2.45, 2.75) is 19.2 Å². The molecule has 0 saturated carbocycles. The van der Waals surface area contributed by atoms with Gasteiger partial charge in [0.1, 0.15) is 11.1 Å². The molecule has 0 fully saturated rings. The van der Waals surface area contributed by atoms with Gasteiger partial charge < -0.3 is 9.64 Å². The smallest absolute Gasteiger partial charge is 0.245 e. The van der Waals surface area contributed by atoms with Crippen LogP contribution in [-0.4, -0.2) is 31.0 Å². The summed E-state index contributed by atoms with van der Waals surface area (Å²) in [6, 6.07) is 7.33. The molecule has 0 saturated heterocycles. The van der Waals surface area contributed by atoms with Crippen molar-refractivity contribution in [3.05, 3.63) is 29.8 Å². The Morgan fingerprint density at radius 1 is 1.35 bits per heavy atom. The molecule has 0 heterocycles. The zero-order chi connectivity index (χ0) is 12.8. The number of para-hydroxylation sites is 1. The van der Waals surface area contributed by atoms with Gasteiger partial charge in [0.25, 0.3) is 0 Å². The van der Waals surface area contributed by atoms with Gasteiger partial charge in [-0.3, -0.25) is 4.79 Å². The fraction of sp³-hybridized carbons (Fsp3) is 0.462. The molecule has 0 aliphatic carbocycles. The number of alkyl halides is 1. The Bertz CT molecular complexity index is 377. The van der Waals surface area contributed by atoms with Gasteiger partial charge in [0.15, 0.2) is 0 Å². The van der Waals surface area contributed by atoms with E-state index >= 15 is 0 Å². The van der Waals surface area contributed by atoms with E-state index in [4.69, 9.17) is 16.3 Å². The highest BCUT2D eigenvalue weighted by Crippen LogP contribution is 2.30. The summed E-state index contributed by atoms with van der Waals surface area (Å²) in [6.45, 7) is 5.20. The lowest BCUT2D eigenvalue weighted by Gasteiger charge is -2.22. The molecule has 0 aromatic heterocycles. The second-order valence-corrected chi connectivity index (χ2v) is 4.05. The van der Waals surface area contributed by atoms with Crippen molar-refractivity contribution in [3.63, 3.8) is 0 Å². The van der Waals surface area contributed by atoms with Crippen molar-refractivity contribution in [3.8, 4) is 5.75 Å². The maximum Gasteiger partial charge on any atom is 0.245 e. The number of likely N-dealkylation sites (N-methyl/N-ethyl adjacent to an activating group) is 1. The minimum Gasteiger partial charge on any atom is -0.496 e. The van der Waals surface area contributed by atoms with Crippen LogP contribution in [0.1, 0.15) is 24.8 Å². The molecule has 4 heteroatoms. The summed E-state index contributed by atoms with van der Waals surface area (Å²) in [5.74, 6) is 0.564. The molecule has 1 amide bonds. The average Bonchev–Trinajstić information content (AvgIpc) is 2.39. The highest BCUT2D eigenvalue weighted by Gasteiger charge is 2.24. The zero-order valence-electron chi connectivity index (χ0n) is 10.4. The molecule has 0 radical (unpaired) electrons. The van der Waals surface area contributed by atoms with Gasteiger partial charge in [-0.05, 0) is 19.9 Å². The van der Waals surface area contributed by atoms with Crippen LogP contribution in [0.2, 0.25) is 0 Å². The Kier molecular flexibility index (Phi) is 5.29. The maximum atomic E-state index is 12.1. The van der Waals surface area contributed by atoms with Crippen LogP contribution < -0.4 is 4.74 Å². The molecule has 0 aliphatic rings. The number of amides is 1. The van der Waals surface area contributed by atoms with Crippen LogP contribution in [0.15, 0.2) is 24.3 Å². The number of halogens is 1. The van der Waals surface area contributed by atoms with Crippen LogP contribution in [0.25, 0.3) is 0 Å². The topological polar surface area (TPSA) is 29.5 Å². The Morgan fingerprint density at radius 3 is 2.47 bits per heavy atom. The molecule has 3 nitrogen and oxygen atoms in total. The Labute approximate surface area is 107 Å². The number of hydrogen-bond donors (Lipinski definition) is 0. The van der Waals surface area contributed by atoms with Crippen LogP contribution in [0.3, 0.4) is 0 Å². The molecule has 1 unspecified atom stereocenters. The molecule has 0 N–H and O–H groups in total. The van der Waals surface area contributed by atoms with Crippen molar-refractivity contribution < 1.29 is 9.53 Å². The second-order valence-electron chi connectivity index (χ2n) is 3.62. The average molecular weight is 256 g/mol. The predicted octanol–water partition coefficient (Wildman–Crippen LogP) is 2.84. The Morgan fingerprint density at radius 2 is 1.94 bits per heavy atom. The van der Waals surface area contributed by atoms with E-state index in [0.29, 0.717) is 24.4 Å². The molecule has 0 aliphatic heterocycles. The third kappa shape index (κ3) is 3.13. The summed E-state index contributed by atoms with van der Waals surface area (Å²) < 4.78 is 5.21. The maximum absolute atomic E-state index is 12.1. The van der Waals surface area contributed by atoms with E-state index in [1.54, 1.807) is 18.1 Å². The van der Waals surface area contributed by atoms with E-state index in [0.717, 1.165) is 0 Å². The molecule has 17 heavy (non-hydrogen) atoms. The third-order valence-corrected chi connectivity index (χ3v) is 3.13. The van der Waals surface area contributed by atoms with E-state index < -0.39 is 5.38 Å². The van der Waals surface area contributed by atoms with Gasteiger partial charge in [0, 0.05) is 18.7 Å². The highest BCUT2D eigenvalue weighted by molar-refractivity contribution is 6.31. The van der Waals surface area contributed by atoms with Crippen molar-refractivity contribution in [2.75, 3.05) is 20.2 Å². The van der Waals surface area contributed by atoms with E-state index in [1.165, 1.54) is 0 Å². The third-order valence-electron chi connectivity index (χ3n) is 2.70. The Balaban J connectivity index is 2.95. The van der Waals surface area contributed by atoms with Crippen molar-refractivity contribution in [1.82, 2.24) is 4.90 Å². The summed E-state index contributed by atoms with van der Waals surface area (Å²) in [5.41, 5.74) is 0.716. The van der Waals surface area contributed by atoms with Gasteiger partial charge in [-0.15, -0.1) is 11.6 Å². The number of carbonyl (C=O) groups is 1. The number of ether oxygens (including phenoxy) is 1. The molecule has 1 aromatic rings. The van der Waals surface area contributed by atoms with Crippen LogP contribution in [0, 0.1) is 0 Å². The first kappa shape index (κ1) is 13.8. The number of hydrogen-bond acceptors (Lipinski definition) is 2. The second kappa shape index (κ2) is 6.50. The minimum atomic E-state index is -0.689. The van der Waals surface area contributed by atoms with Gasteiger partial charge in [-0.25, -0.2) is 0 Å². The van der Waals surface area contributed by atoms with Crippen molar-refractivity contribution in [2.24, 2.45) is 0 Å². The lowest BCUT2D eigenvalue weighted by Crippen LogP contribution is -2.33. The number of methoxy groups -OCH3 is 1. The fourth-order valence-electron chi connectivity index (χ4n) is 1.70. The molecule has 0 spiro atoms. The number of carbonyl (C=O) groups excluding carboxylic acids is 1. The van der Waals surface area contributed by atoms with Crippen LogP contribution in [0.5, 0.6) is 5.75 Å². The summed E-state index contributed by atoms with van der Waals surface area (Å²) in [4.78, 5) is 13.8. The largest absolute Gasteiger partial charge is 0.496 e. The van der Waals surface area contributed by atoms with E-state index in [-0.39, 0.29) is 5.91 Å². The summed E-state index contributed by atoms with van der Waals surface area (Å²) >= 11 is 6.22. The standard InChI is InChI=1S/C13H18ClNO2/c1-4-15(5-2)13(16)12(14)10-8-6-7-9-11(10)17-3/h6-9,12H,4-5H2,1-3H3. The number of benzene rings is 1. The van der Waals surface area contributed by atoms with Gasteiger partial charge in [-0.2, -0.15) is 0 Å². The summed E-state index contributed by atoms with van der Waals surface area (Å²) in [6.07, 6.45) is 0. The minimum absolute atomic E-state index is 0.0823. The van der Waals surface area contributed by atoms with E-state index in [2.05, 4.69) is 0 Å². The molecular weight excluding hydrogens is 238 g/mol. The number of nitrogens with zero attached hydrogens (tertiary/aromatic N) is 1. The molecule has 1 rings (SSSR count). The first-order valence-electron chi connectivity index (χ1n) is 5.71. The normalized spacial score (nSPS) is 12.0. The summed E-state index contributed by atoms with van der Waals surface area (Å²) in [5, 5.41) is -0.689.